The van der Waals surface area contributed by atoms with Crippen molar-refractivity contribution in [3.05, 3.63) is 66.0 Å². The Balaban J connectivity index is 2.06. The molecule has 2 N–H and O–H groups in total. The molecule has 0 bridgehead atoms. The molecule has 0 radical (unpaired) electrons. The van der Waals surface area contributed by atoms with Gasteiger partial charge in [-0.25, -0.2) is 0 Å². The van der Waals surface area contributed by atoms with Crippen molar-refractivity contribution < 1.29 is 9.36 Å². The molecule has 0 saturated heterocycles. The molecule has 3 nitrogen and oxygen atoms in total. The summed E-state index contributed by atoms with van der Waals surface area (Å²) in [7, 11) is 0. The van der Waals surface area contributed by atoms with Gasteiger partial charge >= 0.3 is 0 Å². The van der Waals surface area contributed by atoms with Gasteiger partial charge in [-0.15, -0.1) is 0 Å². The van der Waals surface area contributed by atoms with Crippen LogP contribution in [0.2, 0.25) is 0 Å². The summed E-state index contributed by atoms with van der Waals surface area (Å²) in [4.78, 5) is 10.7. The van der Waals surface area contributed by atoms with Gasteiger partial charge in [0.1, 0.15) is 0 Å². The number of benzene rings is 1. The van der Waals surface area contributed by atoms with Gasteiger partial charge in [0, 0.05) is 12.1 Å². The second kappa shape index (κ2) is 5.25. The molecule has 1 aromatic heterocycles. The smallest absolute Gasteiger partial charge is 0.283 e. The van der Waals surface area contributed by atoms with Crippen molar-refractivity contribution >= 4 is 5.91 Å². The zero-order valence-electron chi connectivity index (χ0n) is 9.54. The monoisotopic (exact) mass is 227 g/mol. The molecule has 17 heavy (non-hydrogen) atoms. The van der Waals surface area contributed by atoms with E-state index in [1.807, 2.05) is 42.7 Å². The number of aromatic nitrogens is 1. The van der Waals surface area contributed by atoms with Gasteiger partial charge in [-0.2, -0.15) is 4.57 Å². The summed E-state index contributed by atoms with van der Waals surface area (Å²) in [5.41, 5.74) is 7.62. The van der Waals surface area contributed by atoms with E-state index in [1.165, 1.54) is 11.1 Å². The van der Waals surface area contributed by atoms with E-state index in [0.717, 1.165) is 6.42 Å². The van der Waals surface area contributed by atoms with Gasteiger partial charge in [0.2, 0.25) is 6.54 Å². The van der Waals surface area contributed by atoms with Gasteiger partial charge in [0.05, 0.1) is 0 Å². The summed E-state index contributed by atoms with van der Waals surface area (Å²) in [6, 6.07) is 14.3. The molecule has 86 valence electrons. The summed E-state index contributed by atoms with van der Waals surface area (Å²) in [6.45, 7) is 0.228. The van der Waals surface area contributed by atoms with Gasteiger partial charge < -0.3 is 5.73 Å². The third-order valence-electron chi connectivity index (χ3n) is 2.55. The van der Waals surface area contributed by atoms with E-state index in [-0.39, 0.29) is 12.5 Å². The highest BCUT2D eigenvalue weighted by atomic mass is 16.1. The number of hydrogen-bond donors (Lipinski definition) is 1. The Bertz CT molecular complexity index is 491. The van der Waals surface area contributed by atoms with Crippen molar-refractivity contribution in [3.63, 3.8) is 0 Å². The molecule has 0 saturated carbocycles. The first kappa shape index (κ1) is 11.3. The van der Waals surface area contributed by atoms with Gasteiger partial charge in [0.25, 0.3) is 5.91 Å². The lowest BCUT2D eigenvalue weighted by Gasteiger charge is -2.00. The van der Waals surface area contributed by atoms with Gasteiger partial charge in [-0.05, 0) is 17.5 Å². The minimum absolute atomic E-state index is 0.228. The van der Waals surface area contributed by atoms with Gasteiger partial charge in [-0.1, -0.05) is 30.3 Å². The minimum atomic E-state index is -0.328. The maximum Gasteiger partial charge on any atom is 0.283 e. The third kappa shape index (κ3) is 3.41. The van der Waals surface area contributed by atoms with Crippen LogP contribution in [-0.2, 0) is 17.8 Å². The third-order valence-corrected chi connectivity index (χ3v) is 2.55. The standard InChI is InChI=1S/C14H14N2O/c15-14(17)11-16-8-6-13(7-9-16)10-12-4-2-1-3-5-12/h1-9H,10-11H2,(H-,15,17)/p+1. The number of amides is 1. The molecule has 0 aliphatic carbocycles. The lowest BCUT2D eigenvalue weighted by atomic mass is 10.1. The van der Waals surface area contributed by atoms with E-state index in [2.05, 4.69) is 12.1 Å². The van der Waals surface area contributed by atoms with Crippen LogP contribution in [0.3, 0.4) is 0 Å². The lowest BCUT2D eigenvalue weighted by Crippen LogP contribution is -2.40. The molecule has 1 heterocycles. The summed E-state index contributed by atoms with van der Waals surface area (Å²) < 4.78 is 1.77. The summed E-state index contributed by atoms with van der Waals surface area (Å²) in [6.07, 6.45) is 4.66. The van der Waals surface area contributed by atoms with Crippen LogP contribution in [0.5, 0.6) is 0 Å². The van der Waals surface area contributed by atoms with Crippen molar-refractivity contribution in [2.75, 3.05) is 0 Å². The molecule has 0 aliphatic rings. The highest BCUT2D eigenvalue weighted by Gasteiger charge is 2.04. The predicted octanol–water partition coefficient (Wildman–Crippen LogP) is 1.05. The Labute approximate surface area is 101 Å². The fourth-order valence-electron chi connectivity index (χ4n) is 1.72. The molecule has 2 rings (SSSR count). The van der Waals surface area contributed by atoms with Crippen LogP contribution in [0.15, 0.2) is 54.9 Å². The topological polar surface area (TPSA) is 47.0 Å². The molecule has 0 spiro atoms. The summed E-state index contributed by atoms with van der Waals surface area (Å²) >= 11 is 0. The molecule has 3 heteroatoms. The largest absolute Gasteiger partial charge is 0.364 e. The summed E-state index contributed by atoms with van der Waals surface area (Å²) in [5, 5.41) is 0. The number of nitrogens with zero attached hydrogens (tertiary/aromatic N) is 1. The fraction of sp³-hybridized carbons (Fsp3) is 0.143. The average molecular weight is 227 g/mol. The average Bonchev–Trinajstić information content (AvgIpc) is 2.32. The molecule has 0 unspecified atom stereocenters. The molecule has 0 atom stereocenters. The maximum atomic E-state index is 10.7. The molecule has 1 aromatic carbocycles. The van der Waals surface area contributed by atoms with Crippen LogP contribution >= 0.6 is 0 Å². The Kier molecular flexibility index (Phi) is 3.50. The normalized spacial score (nSPS) is 10.1. The van der Waals surface area contributed by atoms with Crippen LogP contribution in [0.1, 0.15) is 11.1 Å². The van der Waals surface area contributed by atoms with Crippen LogP contribution in [0.4, 0.5) is 0 Å². The van der Waals surface area contributed by atoms with E-state index in [1.54, 1.807) is 4.57 Å². The Hall–Kier alpha value is -2.16. The first-order valence-corrected chi connectivity index (χ1v) is 5.54. The van der Waals surface area contributed by atoms with Crippen LogP contribution in [0.25, 0.3) is 0 Å². The first-order chi connectivity index (χ1) is 8.24. The van der Waals surface area contributed by atoms with Gasteiger partial charge in [-0.3, -0.25) is 4.79 Å². The zero-order valence-corrected chi connectivity index (χ0v) is 9.54. The molecular formula is C14H15N2O+. The van der Waals surface area contributed by atoms with E-state index in [9.17, 15) is 4.79 Å². The number of nitrogens with two attached hydrogens (primary N) is 1. The Morgan fingerprint density at radius 3 is 2.18 bits per heavy atom. The second-order valence-electron chi connectivity index (χ2n) is 4.01. The fourth-order valence-corrected chi connectivity index (χ4v) is 1.72. The molecule has 0 aliphatic heterocycles. The first-order valence-electron chi connectivity index (χ1n) is 5.54. The van der Waals surface area contributed by atoms with Crippen LogP contribution in [-0.4, -0.2) is 5.91 Å². The number of primary amides is 1. The minimum Gasteiger partial charge on any atom is -0.364 e. The number of carbonyl (C=O) groups excluding carboxylic acids is 1. The second-order valence-corrected chi connectivity index (χ2v) is 4.01. The van der Waals surface area contributed by atoms with Gasteiger partial charge in [0.15, 0.2) is 12.4 Å². The Morgan fingerprint density at radius 1 is 1.00 bits per heavy atom. The van der Waals surface area contributed by atoms with Crippen molar-refractivity contribution in [1.29, 1.82) is 0 Å². The van der Waals surface area contributed by atoms with Crippen molar-refractivity contribution in [3.8, 4) is 0 Å². The number of carbonyl (C=O) groups is 1. The highest BCUT2D eigenvalue weighted by Crippen LogP contribution is 2.06. The summed E-state index contributed by atoms with van der Waals surface area (Å²) in [5.74, 6) is -0.328. The maximum absolute atomic E-state index is 10.7. The van der Waals surface area contributed by atoms with Crippen molar-refractivity contribution in [1.82, 2.24) is 0 Å². The number of hydrogen-bond acceptors (Lipinski definition) is 1. The molecule has 0 fully saturated rings. The SMILES string of the molecule is NC(=O)C[n+]1ccc(Cc2ccccc2)cc1. The van der Waals surface area contributed by atoms with E-state index in [0.29, 0.717) is 0 Å². The zero-order chi connectivity index (χ0) is 12.1. The van der Waals surface area contributed by atoms with Crippen molar-refractivity contribution in [2.45, 2.75) is 13.0 Å². The molecular weight excluding hydrogens is 212 g/mol. The number of pyridine rings is 1. The predicted molar refractivity (Wildman–Crippen MR) is 65.1 cm³/mol. The Morgan fingerprint density at radius 2 is 1.59 bits per heavy atom. The van der Waals surface area contributed by atoms with E-state index >= 15 is 0 Å². The van der Waals surface area contributed by atoms with E-state index in [4.69, 9.17) is 5.73 Å². The van der Waals surface area contributed by atoms with Crippen molar-refractivity contribution in [2.24, 2.45) is 5.73 Å². The molecule has 1 amide bonds. The van der Waals surface area contributed by atoms with E-state index < -0.39 is 0 Å². The van der Waals surface area contributed by atoms with Crippen LogP contribution in [0, 0.1) is 0 Å². The highest BCUT2D eigenvalue weighted by molar-refractivity contribution is 5.72. The quantitative estimate of drug-likeness (QED) is 0.780. The number of rotatable bonds is 4. The molecule has 2 aromatic rings. The van der Waals surface area contributed by atoms with Crippen LogP contribution < -0.4 is 10.3 Å². The lowest BCUT2D eigenvalue weighted by molar-refractivity contribution is -0.684.